The molecule has 1 heterocycles. The Bertz CT molecular complexity index is 1240. The van der Waals surface area contributed by atoms with Crippen LogP contribution in [0.15, 0.2) is 70.8 Å². The molecule has 3 aromatic rings. The maximum Gasteiger partial charge on any atom is 0.272 e. The molecule has 0 radical (unpaired) electrons. The Balaban J connectivity index is 1.66. The maximum atomic E-state index is 13.2. The molecule has 0 aliphatic carbocycles. The van der Waals surface area contributed by atoms with E-state index in [1.807, 2.05) is 38.1 Å². The van der Waals surface area contributed by atoms with Gasteiger partial charge in [-0.05, 0) is 77.3 Å². The summed E-state index contributed by atoms with van der Waals surface area (Å²) in [6, 6.07) is 18.1. The Morgan fingerprint density at radius 1 is 0.969 bits per heavy atom. The van der Waals surface area contributed by atoms with Gasteiger partial charge in [-0.25, -0.2) is 0 Å². The average Bonchev–Trinajstić information content (AvgIpc) is 3.23. The van der Waals surface area contributed by atoms with Gasteiger partial charge >= 0.3 is 0 Å². The van der Waals surface area contributed by atoms with Gasteiger partial charge in [-0.15, -0.1) is 0 Å². The smallest absolute Gasteiger partial charge is 0.272 e. The van der Waals surface area contributed by atoms with Crippen molar-refractivity contribution in [2.45, 2.75) is 13.8 Å². The van der Waals surface area contributed by atoms with Gasteiger partial charge in [0.25, 0.3) is 11.8 Å². The molecule has 2 N–H and O–H groups in total. The van der Waals surface area contributed by atoms with Crippen molar-refractivity contribution < 1.29 is 19.1 Å². The number of halogens is 1. The number of hydrogen-bond donors (Lipinski definition) is 2. The van der Waals surface area contributed by atoms with Crippen LogP contribution in [0.25, 0.3) is 6.08 Å². The molecule has 6 nitrogen and oxygen atoms in total. The van der Waals surface area contributed by atoms with Gasteiger partial charge in [0.05, 0.1) is 5.56 Å². The summed E-state index contributed by atoms with van der Waals surface area (Å²) in [5, 5.41) is 5.64. The van der Waals surface area contributed by atoms with Gasteiger partial charge in [-0.3, -0.25) is 9.59 Å². The molecule has 0 bridgehead atoms. The number of carbonyl (C=O) groups is 2. The van der Waals surface area contributed by atoms with E-state index in [1.165, 1.54) is 0 Å². The Labute approximate surface area is 194 Å². The first-order chi connectivity index (χ1) is 15.4. The fourth-order valence-electron chi connectivity index (χ4n) is 3.31. The largest absolute Gasteiger partial charge is 0.454 e. The Kier molecular flexibility index (Phi) is 6.28. The summed E-state index contributed by atoms with van der Waals surface area (Å²) in [4.78, 5) is 26.1. The number of anilines is 1. The predicted octanol–water partition coefficient (Wildman–Crippen LogP) is 5.20. The fourth-order valence-corrected chi connectivity index (χ4v) is 3.77. The number of nitrogens with one attached hydrogen (secondary N) is 2. The van der Waals surface area contributed by atoms with Crippen LogP contribution < -0.4 is 20.1 Å². The minimum atomic E-state index is -0.435. The third kappa shape index (κ3) is 4.84. The number of hydrogen-bond acceptors (Lipinski definition) is 4. The van der Waals surface area contributed by atoms with Crippen LogP contribution in [0.4, 0.5) is 5.69 Å². The lowest BCUT2D eigenvalue weighted by Gasteiger charge is -2.14. The van der Waals surface area contributed by atoms with Gasteiger partial charge in [-0.2, -0.15) is 0 Å². The molecule has 1 aliphatic rings. The zero-order valence-corrected chi connectivity index (χ0v) is 19.2. The first kappa shape index (κ1) is 21.6. The number of amides is 2. The van der Waals surface area contributed by atoms with E-state index in [1.54, 1.807) is 42.5 Å². The third-order valence-corrected chi connectivity index (χ3v) is 5.64. The highest BCUT2D eigenvalue weighted by Gasteiger charge is 2.18. The van der Waals surface area contributed by atoms with Crippen LogP contribution in [0.5, 0.6) is 11.5 Å². The van der Waals surface area contributed by atoms with E-state index in [0.717, 1.165) is 11.1 Å². The van der Waals surface area contributed by atoms with Crippen molar-refractivity contribution >= 4 is 39.5 Å². The van der Waals surface area contributed by atoms with Crippen molar-refractivity contribution in [2.24, 2.45) is 0 Å². The van der Waals surface area contributed by atoms with E-state index in [2.05, 4.69) is 26.6 Å². The Morgan fingerprint density at radius 3 is 2.53 bits per heavy atom. The van der Waals surface area contributed by atoms with Gasteiger partial charge in [-0.1, -0.05) is 35.9 Å². The normalized spacial score (nSPS) is 12.4. The fraction of sp³-hybridized carbons (Fsp3) is 0.120. The molecule has 1 aliphatic heterocycles. The summed E-state index contributed by atoms with van der Waals surface area (Å²) in [5.74, 6) is 0.390. The Hall–Kier alpha value is -3.58. The van der Waals surface area contributed by atoms with Crippen LogP contribution in [-0.4, -0.2) is 18.6 Å². The van der Waals surface area contributed by atoms with E-state index < -0.39 is 11.8 Å². The molecular weight excluding hydrogens is 472 g/mol. The van der Waals surface area contributed by atoms with Crippen LogP contribution in [0.2, 0.25) is 0 Å². The van der Waals surface area contributed by atoms with Gasteiger partial charge in [0.15, 0.2) is 11.5 Å². The van der Waals surface area contributed by atoms with Gasteiger partial charge in [0.2, 0.25) is 6.79 Å². The van der Waals surface area contributed by atoms with Crippen LogP contribution >= 0.6 is 15.9 Å². The van der Waals surface area contributed by atoms with E-state index in [9.17, 15) is 9.59 Å². The number of ether oxygens (including phenoxy) is 2. The van der Waals surface area contributed by atoms with Gasteiger partial charge < -0.3 is 20.1 Å². The minimum Gasteiger partial charge on any atom is -0.454 e. The van der Waals surface area contributed by atoms with Crippen LogP contribution in [0, 0.1) is 13.8 Å². The lowest BCUT2D eigenvalue weighted by atomic mass is 10.1. The monoisotopic (exact) mass is 492 g/mol. The Morgan fingerprint density at radius 2 is 1.75 bits per heavy atom. The van der Waals surface area contributed by atoms with Gasteiger partial charge in [0.1, 0.15) is 5.70 Å². The minimum absolute atomic E-state index is 0.101. The molecule has 0 saturated carbocycles. The molecule has 32 heavy (non-hydrogen) atoms. The van der Waals surface area contributed by atoms with Gasteiger partial charge in [0, 0.05) is 10.2 Å². The number of aryl methyl sites for hydroxylation is 2. The highest BCUT2D eigenvalue weighted by atomic mass is 79.9. The van der Waals surface area contributed by atoms with Crippen molar-refractivity contribution in [3.05, 3.63) is 93.1 Å². The quantitative estimate of drug-likeness (QED) is 0.479. The number of fused-ring (bicyclic) bond motifs is 1. The summed E-state index contributed by atoms with van der Waals surface area (Å²) in [6.45, 7) is 4.06. The molecule has 0 atom stereocenters. The van der Waals surface area contributed by atoms with E-state index >= 15 is 0 Å². The second kappa shape index (κ2) is 9.28. The first-order valence-corrected chi connectivity index (χ1v) is 10.8. The molecule has 162 valence electrons. The number of benzene rings is 3. The molecule has 7 heteroatoms. The van der Waals surface area contributed by atoms with Crippen molar-refractivity contribution in [2.75, 3.05) is 12.1 Å². The zero-order valence-electron chi connectivity index (χ0n) is 17.6. The molecule has 0 aromatic heterocycles. The van der Waals surface area contributed by atoms with E-state index in [0.29, 0.717) is 32.8 Å². The van der Waals surface area contributed by atoms with Crippen molar-refractivity contribution in [3.63, 3.8) is 0 Å². The summed E-state index contributed by atoms with van der Waals surface area (Å²) >= 11 is 3.38. The van der Waals surface area contributed by atoms with Crippen LogP contribution in [-0.2, 0) is 4.79 Å². The summed E-state index contributed by atoms with van der Waals surface area (Å²) in [6.07, 6.45) is 1.61. The summed E-state index contributed by atoms with van der Waals surface area (Å²) in [7, 11) is 0. The molecule has 4 rings (SSSR count). The molecule has 0 saturated heterocycles. The lowest BCUT2D eigenvalue weighted by Crippen LogP contribution is -2.31. The van der Waals surface area contributed by atoms with Crippen molar-refractivity contribution in [1.29, 1.82) is 0 Å². The number of rotatable bonds is 5. The molecule has 2 amide bonds. The van der Waals surface area contributed by atoms with E-state index in [-0.39, 0.29) is 12.5 Å². The molecule has 0 spiro atoms. The standard InChI is InChI=1S/C25H21BrN2O4/c1-15-7-9-20(16(2)11-15)27-25(30)21(28-24(29)18-5-3-4-6-19(18)26)12-17-8-10-22-23(13-17)32-14-31-22/h3-13H,14H2,1-2H3,(H,27,30)(H,28,29)/b21-12-. The van der Waals surface area contributed by atoms with Crippen LogP contribution in [0.3, 0.4) is 0 Å². The maximum absolute atomic E-state index is 13.2. The summed E-state index contributed by atoms with van der Waals surface area (Å²) in [5.41, 5.74) is 3.91. The third-order valence-electron chi connectivity index (χ3n) is 4.95. The zero-order chi connectivity index (χ0) is 22.7. The summed E-state index contributed by atoms with van der Waals surface area (Å²) < 4.78 is 11.4. The molecule has 0 fully saturated rings. The first-order valence-electron chi connectivity index (χ1n) is 9.96. The topological polar surface area (TPSA) is 76.7 Å². The van der Waals surface area contributed by atoms with Crippen molar-refractivity contribution in [3.8, 4) is 11.5 Å². The second-order valence-electron chi connectivity index (χ2n) is 7.38. The SMILES string of the molecule is Cc1ccc(NC(=O)/C(=C/c2ccc3c(c2)OCO3)NC(=O)c2ccccc2Br)c(C)c1. The number of carbonyl (C=O) groups excluding carboxylic acids is 2. The highest BCUT2D eigenvalue weighted by molar-refractivity contribution is 9.10. The highest BCUT2D eigenvalue weighted by Crippen LogP contribution is 2.33. The second-order valence-corrected chi connectivity index (χ2v) is 8.23. The molecular formula is C25H21BrN2O4. The average molecular weight is 493 g/mol. The molecule has 3 aromatic carbocycles. The molecule has 0 unspecified atom stereocenters. The lowest BCUT2D eigenvalue weighted by molar-refractivity contribution is -0.113. The van der Waals surface area contributed by atoms with E-state index in [4.69, 9.17) is 9.47 Å². The predicted molar refractivity (Wildman–Crippen MR) is 127 cm³/mol. The van der Waals surface area contributed by atoms with Crippen LogP contribution in [0.1, 0.15) is 27.0 Å². The van der Waals surface area contributed by atoms with Crippen molar-refractivity contribution in [1.82, 2.24) is 5.32 Å².